The molecular formula is C24H40Cl2N2. The highest BCUT2D eigenvalue weighted by Gasteiger charge is 2.38. The van der Waals surface area contributed by atoms with E-state index in [0.29, 0.717) is 0 Å². The van der Waals surface area contributed by atoms with E-state index in [9.17, 15) is 0 Å². The van der Waals surface area contributed by atoms with Crippen LogP contribution in [-0.2, 0) is 6.54 Å². The fourth-order valence-corrected chi connectivity index (χ4v) is 5.85. The van der Waals surface area contributed by atoms with Crippen molar-refractivity contribution in [3.63, 3.8) is 0 Å². The van der Waals surface area contributed by atoms with Crippen molar-refractivity contribution < 1.29 is 0 Å². The summed E-state index contributed by atoms with van der Waals surface area (Å²) in [6.07, 6.45) is 14.7. The maximum atomic E-state index is 4.07. The summed E-state index contributed by atoms with van der Waals surface area (Å²) in [4.78, 5) is 2.73. The summed E-state index contributed by atoms with van der Waals surface area (Å²) in [6.45, 7) is 4.96. The van der Waals surface area contributed by atoms with Crippen molar-refractivity contribution >= 4 is 24.8 Å². The Bertz CT molecular complexity index is 527. The summed E-state index contributed by atoms with van der Waals surface area (Å²) in [7, 11) is 0. The maximum absolute atomic E-state index is 4.07. The monoisotopic (exact) mass is 426 g/mol. The molecule has 0 amide bonds. The lowest BCUT2D eigenvalue weighted by molar-refractivity contribution is 0.212. The number of hydrogen-bond acceptors (Lipinski definition) is 2. The highest BCUT2D eigenvalue weighted by Crippen LogP contribution is 2.36. The molecule has 1 heterocycles. The lowest BCUT2D eigenvalue weighted by Gasteiger charge is -2.32. The van der Waals surface area contributed by atoms with E-state index in [4.69, 9.17) is 0 Å². The number of hydrogen-bond donors (Lipinski definition) is 1. The van der Waals surface area contributed by atoms with E-state index >= 15 is 0 Å². The van der Waals surface area contributed by atoms with Gasteiger partial charge in [-0.2, -0.15) is 0 Å². The van der Waals surface area contributed by atoms with Gasteiger partial charge < -0.3 is 5.32 Å². The normalized spacial score (nSPS) is 27.1. The molecule has 0 aromatic heterocycles. The second-order valence-electron chi connectivity index (χ2n) is 9.26. The van der Waals surface area contributed by atoms with Crippen molar-refractivity contribution in [1.29, 1.82) is 0 Å². The number of benzene rings is 1. The summed E-state index contributed by atoms with van der Waals surface area (Å²) in [5.74, 6) is 2.79. The Morgan fingerprint density at radius 3 is 2.11 bits per heavy atom. The molecule has 28 heavy (non-hydrogen) atoms. The quantitative estimate of drug-likeness (QED) is 0.592. The predicted molar refractivity (Wildman–Crippen MR) is 125 cm³/mol. The van der Waals surface area contributed by atoms with Crippen molar-refractivity contribution in [3.8, 4) is 0 Å². The zero-order valence-electron chi connectivity index (χ0n) is 17.4. The van der Waals surface area contributed by atoms with Gasteiger partial charge in [0, 0.05) is 25.7 Å². The predicted octanol–water partition coefficient (Wildman–Crippen LogP) is 6.08. The highest BCUT2D eigenvalue weighted by atomic mass is 35.5. The molecule has 2 saturated carbocycles. The van der Waals surface area contributed by atoms with E-state index in [1.165, 1.54) is 89.4 Å². The Hall–Kier alpha value is -0.280. The van der Waals surface area contributed by atoms with Crippen LogP contribution in [0, 0.1) is 17.8 Å². The summed E-state index contributed by atoms with van der Waals surface area (Å²) >= 11 is 0. The van der Waals surface area contributed by atoms with Gasteiger partial charge in [0.05, 0.1) is 0 Å². The largest absolute Gasteiger partial charge is 0.312 e. The van der Waals surface area contributed by atoms with Crippen LogP contribution in [0.25, 0.3) is 0 Å². The molecule has 1 aromatic carbocycles. The molecule has 1 N–H and O–H groups in total. The van der Waals surface area contributed by atoms with Crippen LogP contribution in [0.15, 0.2) is 30.3 Å². The Labute approximate surface area is 185 Å². The fourth-order valence-electron chi connectivity index (χ4n) is 5.85. The molecule has 2 atom stereocenters. The van der Waals surface area contributed by atoms with Gasteiger partial charge in [-0.05, 0) is 42.7 Å². The molecule has 2 aliphatic carbocycles. The summed E-state index contributed by atoms with van der Waals surface area (Å²) < 4.78 is 0. The molecule has 3 aliphatic rings. The topological polar surface area (TPSA) is 15.3 Å². The Morgan fingerprint density at radius 1 is 0.786 bits per heavy atom. The van der Waals surface area contributed by atoms with Gasteiger partial charge in [-0.1, -0.05) is 81.7 Å². The Kier molecular flexibility index (Phi) is 10.6. The Balaban J connectivity index is 0.00000140. The van der Waals surface area contributed by atoms with E-state index in [0.717, 1.165) is 30.3 Å². The molecule has 0 radical (unpaired) electrons. The zero-order chi connectivity index (χ0) is 17.6. The first-order chi connectivity index (χ1) is 12.9. The first-order valence-corrected chi connectivity index (χ1v) is 11.4. The molecular weight excluding hydrogens is 387 g/mol. The molecule has 0 unspecified atom stereocenters. The SMILES string of the molecule is Cl.Cl.c1ccc(CN2C[C@@H](NCC3CCCCC3)[C@H](C3CCCCC3)C2)cc1. The molecule has 4 rings (SSSR count). The fraction of sp³-hybridized carbons (Fsp3) is 0.750. The molecule has 1 aliphatic heterocycles. The van der Waals surface area contributed by atoms with Gasteiger partial charge in [0.1, 0.15) is 0 Å². The summed E-state index contributed by atoms with van der Waals surface area (Å²) in [5.41, 5.74) is 1.47. The van der Waals surface area contributed by atoms with E-state index < -0.39 is 0 Å². The highest BCUT2D eigenvalue weighted by molar-refractivity contribution is 5.85. The first kappa shape index (κ1) is 24.0. The molecule has 3 fully saturated rings. The van der Waals surface area contributed by atoms with Crippen LogP contribution in [-0.4, -0.2) is 30.6 Å². The van der Waals surface area contributed by atoms with Crippen LogP contribution >= 0.6 is 24.8 Å². The molecule has 2 nitrogen and oxygen atoms in total. The van der Waals surface area contributed by atoms with Crippen LogP contribution in [0.2, 0.25) is 0 Å². The third-order valence-corrected chi connectivity index (χ3v) is 7.34. The average molecular weight is 428 g/mol. The van der Waals surface area contributed by atoms with Crippen LogP contribution in [0.5, 0.6) is 0 Å². The van der Waals surface area contributed by atoms with Gasteiger partial charge in [-0.3, -0.25) is 4.90 Å². The second-order valence-corrected chi connectivity index (χ2v) is 9.26. The van der Waals surface area contributed by atoms with Crippen LogP contribution in [0.4, 0.5) is 0 Å². The maximum Gasteiger partial charge on any atom is 0.0238 e. The first-order valence-electron chi connectivity index (χ1n) is 11.4. The van der Waals surface area contributed by atoms with Crippen molar-refractivity contribution in [3.05, 3.63) is 35.9 Å². The van der Waals surface area contributed by atoms with Gasteiger partial charge >= 0.3 is 0 Å². The Morgan fingerprint density at radius 2 is 1.43 bits per heavy atom. The zero-order valence-corrected chi connectivity index (χ0v) is 19.0. The van der Waals surface area contributed by atoms with Crippen molar-refractivity contribution in [2.75, 3.05) is 19.6 Å². The molecule has 160 valence electrons. The van der Waals surface area contributed by atoms with Gasteiger partial charge in [-0.25, -0.2) is 0 Å². The van der Waals surface area contributed by atoms with Crippen molar-refractivity contribution in [2.45, 2.75) is 76.8 Å². The van der Waals surface area contributed by atoms with E-state index in [2.05, 4.69) is 40.5 Å². The number of halogens is 2. The minimum atomic E-state index is 0. The van der Waals surface area contributed by atoms with Gasteiger partial charge in [0.2, 0.25) is 0 Å². The molecule has 4 heteroatoms. The minimum Gasteiger partial charge on any atom is -0.312 e. The molecule has 0 bridgehead atoms. The number of nitrogens with zero attached hydrogens (tertiary/aromatic N) is 1. The second kappa shape index (κ2) is 12.4. The van der Waals surface area contributed by atoms with Gasteiger partial charge in [0.25, 0.3) is 0 Å². The summed E-state index contributed by atoms with van der Waals surface area (Å²) in [5, 5.41) is 4.07. The number of nitrogens with one attached hydrogen (secondary N) is 1. The number of likely N-dealkylation sites (tertiary alicyclic amines) is 1. The molecule has 1 aromatic rings. The van der Waals surface area contributed by atoms with Crippen molar-refractivity contribution in [1.82, 2.24) is 10.2 Å². The lowest BCUT2D eigenvalue weighted by Crippen LogP contribution is -2.42. The third-order valence-electron chi connectivity index (χ3n) is 7.34. The third kappa shape index (κ3) is 6.62. The lowest BCUT2D eigenvalue weighted by atomic mass is 9.77. The van der Waals surface area contributed by atoms with Gasteiger partial charge in [0.15, 0.2) is 0 Å². The van der Waals surface area contributed by atoms with Gasteiger partial charge in [-0.15, -0.1) is 24.8 Å². The van der Waals surface area contributed by atoms with Crippen LogP contribution in [0.1, 0.15) is 69.8 Å². The van der Waals surface area contributed by atoms with Crippen molar-refractivity contribution in [2.24, 2.45) is 17.8 Å². The molecule has 1 saturated heterocycles. The molecule has 0 spiro atoms. The summed E-state index contributed by atoms with van der Waals surface area (Å²) in [6, 6.07) is 11.8. The van der Waals surface area contributed by atoms with Crippen LogP contribution in [0.3, 0.4) is 0 Å². The number of rotatable bonds is 6. The van der Waals surface area contributed by atoms with E-state index in [1.807, 2.05) is 0 Å². The van der Waals surface area contributed by atoms with Crippen LogP contribution < -0.4 is 5.32 Å². The average Bonchev–Trinajstić information content (AvgIpc) is 3.11. The van der Waals surface area contributed by atoms with E-state index in [-0.39, 0.29) is 24.8 Å². The smallest absolute Gasteiger partial charge is 0.0238 e. The van der Waals surface area contributed by atoms with E-state index in [1.54, 1.807) is 0 Å². The minimum absolute atomic E-state index is 0. The standard InChI is InChI=1S/C24H38N2.2ClH/c1-4-10-20(11-5-1)16-25-24-19-26(17-21-12-6-2-7-13-21)18-23(24)22-14-8-3-9-15-22;;/h2,6-7,12-13,20,22-25H,1,3-5,8-11,14-19H2;2*1H/t23-,24+;;/m0../s1.